The Labute approximate surface area is 95.8 Å². The summed E-state index contributed by atoms with van der Waals surface area (Å²) < 4.78 is 0. The number of hydrogen-bond donors (Lipinski definition) is 0. The van der Waals surface area contributed by atoms with Crippen molar-refractivity contribution < 1.29 is 0 Å². The van der Waals surface area contributed by atoms with Crippen molar-refractivity contribution in [3.05, 3.63) is 6.92 Å². The van der Waals surface area contributed by atoms with Gasteiger partial charge in [-0.05, 0) is 19.3 Å². The first kappa shape index (κ1) is 14.1. The largest absolute Gasteiger partial charge is 0.104 e. The van der Waals surface area contributed by atoms with Crippen molar-refractivity contribution >= 4 is 0 Å². The highest BCUT2D eigenvalue weighted by molar-refractivity contribution is 5.00. The molecule has 0 aliphatic heterocycles. The zero-order valence-electron chi connectivity index (χ0n) is 10.1. The molecule has 0 amide bonds. The van der Waals surface area contributed by atoms with Crippen LogP contribution < -0.4 is 0 Å². The molecule has 0 fully saturated rings. The van der Waals surface area contributed by atoms with E-state index in [-0.39, 0.29) is 0 Å². The molecule has 0 spiro atoms. The second kappa shape index (κ2) is 13.1. The van der Waals surface area contributed by atoms with E-state index in [1.807, 2.05) is 0 Å². The molecule has 0 aliphatic carbocycles. The van der Waals surface area contributed by atoms with Crippen molar-refractivity contribution in [1.82, 2.24) is 0 Å². The predicted octanol–water partition coefficient (Wildman–Crippen LogP) is 4.36. The smallest absolute Gasteiger partial charge is 0.00890 e. The molecule has 0 atom stereocenters. The summed E-state index contributed by atoms with van der Waals surface area (Å²) in [5.74, 6) is 12.7. The van der Waals surface area contributed by atoms with Gasteiger partial charge in [-0.25, -0.2) is 0 Å². The average Bonchev–Trinajstić information content (AvgIpc) is 2.26. The van der Waals surface area contributed by atoms with E-state index in [0.717, 1.165) is 32.1 Å². The minimum atomic E-state index is 0.978. The van der Waals surface area contributed by atoms with Gasteiger partial charge in [0.05, 0.1) is 0 Å². The van der Waals surface area contributed by atoms with Gasteiger partial charge in [-0.2, -0.15) is 0 Å². The maximum Gasteiger partial charge on any atom is 0.00890 e. The number of rotatable bonds is 6. The normalized spacial score (nSPS) is 8.67. The van der Waals surface area contributed by atoms with Crippen LogP contribution in [0.4, 0.5) is 0 Å². The molecule has 0 nitrogen and oxygen atoms in total. The number of unbranched alkanes of at least 4 members (excludes halogenated alkanes) is 6. The minimum absolute atomic E-state index is 0.978. The minimum Gasteiger partial charge on any atom is -0.104 e. The van der Waals surface area contributed by atoms with E-state index in [1.54, 1.807) is 0 Å². The first-order chi connectivity index (χ1) is 7.41. The van der Waals surface area contributed by atoms with Gasteiger partial charge in [-0.1, -0.05) is 26.7 Å². The molecule has 0 heterocycles. The lowest BCUT2D eigenvalue weighted by atomic mass is 10.2. The highest BCUT2D eigenvalue weighted by Crippen LogP contribution is 1.99. The molecule has 0 rings (SSSR count). The lowest BCUT2D eigenvalue weighted by Crippen LogP contribution is -1.74. The van der Waals surface area contributed by atoms with Crippen molar-refractivity contribution in [1.29, 1.82) is 0 Å². The molecular formula is C15H23. The topological polar surface area (TPSA) is 0 Å². The molecule has 0 saturated heterocycles. The van der Waals surface area contributed by atoms with Crippen LogP contribution in [0.3, 0.4) is 0 Å². The average molecular weight is 203 g/mol. The monoisotopic (exact) mass is 203 g/mol. The van der Waals surface area contributed by atoms with E-state index in [9.17, 15) is 0 Å². The van der Waals surface area contributed by atoms with Crippen LogP contribution in [0.5, 0.6) is 0 Å². The molecule has 0 unspecified atom stereocenters. The molecule has 1 radical (unpaired) electrons. The van der Waals surface area contributed by atoms with E-state index in [4.69, 9.17) is 0 Å². The zero-order chi connectivity index (χ0) is 11.2. The third-order valence-electron chi connectivity index (χ3n) is 2.08. The Balaban J connectivity index is 3.15. The first-order valence-electron chi connectivity index (χ1n) is 6.12. The predicted molar refractivity (Wildman–Crippen MR) is 68.1 cm³/mol. The first-order valence-corrected chi connectivity index (χ1v) is 6.12. The summed E-state index contributed by atoms with van der Waals surface area (Å²) in [5.41, 5.74) is 0. The van der Waals surface area contributed by atoms with E-state index >= 15 is 0 Å². The molecule has 0 heteroatoms. The highest BCUT2D eigenvalue weighted by atomic mass is 13.9. The summed E-state index contributed by atoms with van der Waals surface area (Å²) in [6, 6.07) is 0. The Morgan fingerprint density at radius 2 is 1.20 bits per heavy atom. The van der Waals surface area contributed by atoms with E-state index < -0.39 is 0 Å². The lowest BCUT2D eigenvalue weighted by molar-refractivity contribution is 0.765. The standard InChI is InChI=1S/C15H23/c1-3-5-7-9-11-13-15-14-12-10-8-6-4-2/h1,3-5,7,9-10,12,14-15H2,2H3. The Kier molecular flexibility index (Phi) is 12.4. The van der Waals surface area contributed by atoms with Gasteiger partial charge in [0.2, 0.25) is 0 Å². The maximum absolute atomic E-state index is 3.81. The summed E-state index contributed by atoms with van der Waals surface area (Å²) in [6.45, 7) is 5.89. The molecule has 0 N–H and O–H groups in total. The Hall–Kier alpha value is -0.880. The Morgan fingerprint density at radius 3 is 1.67 bits per heavy atom. The zero-order valence-corrected chi connectivity index (χ0v) is 10.1. The molecule has 0 bridgehead atoms. The van der Waals surface area contributed by atoms with Crippen LogP contribution in [0.2, 0.25) is 0 Å². The fourth-order valence-corrected chi connectivity index (χ4v) is 1.21. The molecule has 15 heavy (non-hydrogen) atoms. The van der Waals surface area contributed by atoms with Crippen LogP contribution in [0.1, 0.15) is 64.7 Å². The van der Waals surface area contributed by atoms with Gasteiger partial charge in [0.15, 0.2) is 0 Å². The van der Waals surface area contributed by atoms with Crippen molar-refractivity contribution in [2.75, 3.05) is 0 Å². The third kappa shape index (κ3) is 13.1. The van der Waals surface area contributed by atoms with Gasteiger partial charge in [0.1, 0.15) is 0 Å². The third-order valence-corrected chi connectivity index (χ3v) is 2.08. The second-order valence-electron chi connectivity index (χ2n) is 3.58. The van der Waals surface area contributed by atoms with Crippen LogP contribution in [0.25, 0.3) is 0 Å². The fraction of sp³-hybridized carbons (Fsp3) is 0.667. The van der Waals surface area contributed by atoms with Gasteiger partial charge in [0.25, 0.3) is 0 Å². The SMILES string of the molecule is [CH2]CCCCC#CCCCCC#CCC. The van der Waals surface area contributed by atoms with Crippen LogP contribution in [0.15, 0.2) is 0 Å². The van der Waals surface area contributed by atoms with Gasteiger partial charge in [0, 0.05) is 25.7 Å². The van der Waals surface area contributed by atoms with Crippen LogP contribution in [0, 0.1) is 30.6 Å². The van der Waals surface area contributed by atoms with Gasteiger partial charge in [-0.3, -0.25) is 0 Å². The fourth-order valence-electron chi connectivity index (χ4n) is 1.21. The summed E-state index contributed by atoms with van der Waals surface area (Å²) in [7, 11) is 0. The molecule has 0 aromatic heterocycles. The highest BCUT2D eigenvalue weighted by Gasteiger charge is 1.83. The second-order valence-corrected chi connectivity index (χ2v) is 3.58. The number of hydrogen-bond acceptors (Lipinski definition) is 0. The molecule has 83 valence electrons. The van der Waals surface area contributed by atoms with E-state index in [0.29, 0.717) is 0 Å². The maximum atomic E-state index is 3.81. The van der Waals surface area contributed by atoms with Crippen molar-refractivity contribution in [2.24, 2.45) is 0 Å². The summed E-state index contributed by atoms with van der Waals surface area (Å²) in [5, 5.41) is 0. The quantitative estimate of drug-likeness (QED) is 0.444. The van der Waals surface area contributed by atoms with Crippen molar-refractivity contribution in [3.8, 4) is 23.7 Å². The van der Waals surface area contributed by atoms with Crippen LogP contribution in [-0.4, -0.2) is 0 Å². The summed E-state index contributed by atoms with van der Waals surface area (Å²) >= 11 is 0. The Bertz CT molecular complexity index is 228. The van der Waals surface area contributed by atoms with Gasteiger partial charge in [-0.15, -0.1) is 23.7 Å². The molecular weight excluding hydrogens is 180 g/mol. The molecule has 0 aromatic carbocycles. The molecule has 0 saturated carbocycles. The van der Waals surface area contributed by atoms with Crippen LogP contribution >= 0.6 is 0 Å². The molecule has 0 aromatic rings. The van der Waals surface area contributed by atoms with Crippen molar-refractivity contribution in [3.63, 3.8) is 0 Å². The summed E-state index contributed by atoms with van der Waals surface area (Å²) in [6.07, 6.45) is 9.95. The van der Waals surface area contributed by atoms with Gasteiger partial charge >= 0.3 is 0 Å². The molecule has 0 aliphatic rings. The Morgan fingerprint density at radius 1 is 0.733 bits per heavy atom. The van der Waals surface area contributed by atoms with Gasteiger partial charge < -0.3 is 0 Å². The lowest BCUT2D eigenvalue weighted by Gasteiger charge is -1.90. The van der Waals surface area contributed by atoms with E-state index in [2.05, 4.69) is 37.5 Å². The summed E-state index contributed by atoms with van der Waals surface area (Å²) in [4.78, 5) is 0. The van der Waals surface area contributed by atoms with Crippen molar-refractivity contribution in [2.45, 2.75) is 64.7 Å². The van der Waals surface area contributed by atoms with Crippen LogP contribution in [-0.2, 0) is 0 Å². The van der Waals surface area contributed by atoms with E-state index in [1.165, 1.54) is 25.7 Å².